The number of nitrogens with one attached hydrogen (secondary N) is 2. The van der Waals surface area contributed by atoms with E-state index in [1.165, 1.54) is 0 Å². The van der Waals surface area contributed by atoms with Crippen LogP contribution in [0.15, 0.2) is 48.8 Å². The molecule has 132 valence electrons. The molecule has 0 bridgehead atoms. The van der Waals surface area contributed by atoms with Crippen molar-refractivity contribution in [2.24, 2.45) is 0 Å². The Balaban J connectivity index is 1.55. The molecule has 2 aromatic rings. The number of pyridine rings is 1. The minimum atomic E-state index is -0.160. The summed E-state index contributed by atoms with van der Waals surface area (Å²) in [5.74, 6) is 0. The maximum absolute atomic E-state index is 12.2. The average molecular weight is 339 g/mol. The minimum absolute atomic E-state index is 0.0163. The van der Waals surface area contributed by atoms with Crippen LogP contribution in [0.4, 0.5) is 4.79 Å². The molecular formula is C20H25N3O2. The van der Waals surface area contributed by atoms with E-state index in [1.807, 2.05) is 44.3 Å². The fourth-order valence-electron chi connectivity index (χ4n) is 3.12. The van der Waals surface area contributed by atoms with Crippen LogP contribution in [0.1, 0.15) is 38.3 Å². The van der Waals surface area contributed by atoms with Crippen LogP contribution in [-0.2, 0) is 4.74 Å². The molecule has 3 rings (SSSR count). The van der Waals surface area contributed by atoms with Crippen LogP contribution in [0.25, 0.3) is 11.1 Å². The third kappa shape index (κ3) is 4.57. The highest BCUT2D eigenvalue weighted by molar-refractivity contribution is 5.74. The first kappa shape index (κ1) is 17.4. The van der Waals surface area contributed by atoms with Gasteiger partial charge in [-0.15, -0.1) is 0 Å². The Morgan fingerprint density at radius 2 is 1.96 bits per heavy atom. The molecule has 2 heterocycles. The molecule has 0 spiro atoms. The highest BCUT2D eigenvalue weighted by Gasteiger charge is 2.24. The standard InChI is InChI=1S/C20H25N3O2/c1-14(22-20(24)23-15(2)19-6-4-12-25-19)16-7-9-17(10-8-16)18-5-3-11-21-13-18/h3,5,7-11,13-15,19H,4,6,12H2,1-2H3,(H2,22,23,24). The lowest BCUT2D eigenvalue weighted by Crippen LogP contribution is -2.46. The summed E-state index contributed by atoms with van der Waals surface area (Å²) < 4.78 is 5.61. The summed E-state index contributed by atoms with van der Waals surface area (Å²) in [6, 6.07) is 11.9. The number of nitrogens with zero attached hydrogens (tertiary/aromatic N) is 1. The summed E-state index contributed by atoms with van der Waals surface area (Å²) in [6.07, 6.45) is 5.81. The summed E-state index contributed by atoms with van der Waals surface area (Å²) in [6.45, 7) is 4.76. The number of urea groups is 1. The van der Waals surface area contributed by atoms with E-state index in [0.717, 1.165) is 36.1 Å². The van der Waals surface area contributed by atoms with E-state index in [0.29, 0.717) is 0 Å². The zero-order valence-electron chi connectivity index (χ0n) is 14.7. The fourth-order valence-corrected chi connectivity index (χ4v) is 3.12. The van der Waals surface area contributed by atoms with Gasteiger partial charge >= 0.3 is 6.03 Å². The molecule has 0 saturated carbocycles. The molecule has 1 fully saturated rings. The maximum Gasteiger partial charge on any atom is 0.315 e. The smallest absolute Gasteiger partial charge is 0.315 e. The molecule has 1 aliphatic heterocycles. The predicted octanol–water partition coefficient (Wildman–Crippen LogP) is 3.68. The molecule has 5 nitrogen and oxygen atoms in total. The third-order valence-electron chi connectivity index (χ3n) is 4.63. The minimum Gasteiger partial charge on any atom is -0.376 e. The largest absolute Gasteiger partial charge is 0.376 e. The van der Waals surface area contributed by atoms with Gasteiger partial charge in [-0.3, -0.25) is 4.98 Å². The lowest BCUT2D eigenvalue weighted by Gasteiger charge is -2.22. The van der Waals surface area contributed by atoms with Gasteiger partial charge in [0.05, 0.1) is 18.2 Å². The van der Waals surface area contributed by atoms with Crippen molar-refractivity contribution in [2.75, 3.05) is 6.61 Å². The molecule has 1 aromatic heterocycles. The summed E-state index contributed by atoms with van der Waals surface area (Å²) in [7, 11) is 0. The van der Waals surface area contributed by atoms with Crippen LogP contribution in [0.3, 0.4) is 0 Å². The van der Waals surface area contributed by atoms with Crippen LogP contribution >= 0.6 is 0 Å². The third-order valence-corrected chi connectivity index (χ3v) is 4.63. The van der Waals surface area contributed by atoms with Crippen molar-refractivity contribution in [2.45, 2.75) is 44.9 Å². The Hall–Kier alpha value is -2.40. The second kappa shape index (κ2) is 8.12. The van der Waals surface area contributed by atoms with Crippen molar-refractivity contribution in [3.05, 3.63) is 54.4 Å². The number of amides is 2. The number of carbonyl (C=O) groups is 1. The van der Waals surface area contributed by atoms with Crippen molar-refractivity contribution in [1.29, 1.82) is 0 Å². The highest BCUT2D eigenvalue weighted by Crippen LogP contribution is 2.21. The van der Waals surface area contributed by atoms with Gasteiger partial charge in [-0.2, -0.15) is 0 Å². The number of benzene rings is 1. The van der Waals surface area contributed by atoms with Crippen LogP contribution in [0, 0.1) is 0 Å². The first-order valence-corrected chi connectivity index (χ1v) is 8.82. The van der Waals surface area contributed by atoms with E-state index in [2.05, 4.69) is 27.8 Å². The van der Waals surface area contributed by atoms with Crippen molar-refractivity contribution in [3.63, 3.8) is 0 Å². The monoisotopic (exact) mass is 339 g/mol. The van der Waals surface area contributed by atoms with E-state index < -0.39 is 0 Å². The number of rotatable bonds is 5. The number of aromatic nitrogens is 1. The quantitative estimate of drug-likeness (QED) is 0.873. The number of ether oxygens (including phenoxy) is 1. The van der Waals surface area contributed by atoms with E-state index >= 15 is 0 Å². The van der Waals surface area contributed by atoms with E-state index in [4.69, 9.17) is 4.74 Å². The van der Waals surface area contributed by atoms with E-state index in [9.17, 15) is 4.79 Å². The van der Waals surface area contributed by atoms with Gasteiger partial charge in [-0.05, 0) is 49.4 Å². The van der Waals surface area contributed by atoms with Crippen molar-refractivity contribution < 1.29 is 9.53 Å². The molecule has 25 heavy (non-hydrogen) atoms. The lowest BCUT2D eigenvalue weighted by molar-refractivity contribution is 0.0859. The number of carbonyl (C=O) groups excluding carboxylic acids is 1. The first-order chi connectivity index (χ1) is 12.1. The molecule has 1 aromatic carbocycles. The normalized spacial score (nSPS) is 19.2. The van der Waals surface area contributed by atoms with Crippen LogP contribution in [0.5, 0.6) is 0 Å². The Labute approximate surface area is 148 Å². The van der Waals surface area contributed by atoms with Gasteiger partial charge in [0.1, 0.15) is 0 Å². The van der Waals surface area contributed by atoms with Crippen LogP contribution < -0.4 is 10.6 Å². The van der Waals surface area contributed by atoms with Gasteiger partial charge in [0.15, 0.2) is 0 Å². The second-order valence-corrected chi connectivity index (χ2v) is 6.54. The topological polar surface area (TPSA) is 63.2 Å². The molecule has 0 aliphatic carbocycles. The van der Waals surface area contributed by atoms with Gasteiger partial charge in [0, 0.05) is 19.0 Å². The molecule has 1 saturated heterocycles. The van der Waals surface area contributed by atoms with Gasteiger partial charge in [0.25, 0.3) is 0 Å². The Morgan fingerprint density at radius 1 is 1.16 bits per heavy atom. The molecule has 1 aliphatic rings. The van der Waals surface area contributed by atoms with Crippen LogP contribution in [0.2, 0.25) is 0 Å². The molecular weight excluding hydrogens is 314 g/mol. The lowest BCUT2D eigenvalue weighted by atomic mass is 10.0. The Kier molecular flexibility index (Phi) is 5.66. The van der Waals surface area contributed by atoms with Crippen molar-refractivity contribution in [3.8, 4) is 11.1 Å². The molecule has 2 amide bonds. The molecule has 2 N–H and O–H groups in total. The van der Waals surface area contributed by atoms with Gasteiger partial charge in [-0.1, -0.05) is 30.3 Å². The number of hydrogen-bond acceptors (Lipinski definition) is 3. The maximum atomic E-state index is 12.2. The van der Waals surface area contributed by atoms with Crippen LogP contribution in [-0.4, -0.2) is 29.8 Å². The van der Waals surface area contributed by atoms with Gasteiger partial charge in [0.2, 0.25) is 0 Å². The molecule has 3 unspecified atom stereocenters. The predicted molar refractivity (Wildman–Crippen MR) is 98.2 cm³/mol. The second-order valence-electron chi connectivity index (χ2n) is 6.54. The molecule has 5 heteroatoms. The fraction of sp³-hybridized carbons (Fsp3) is 0.400. The summed E-state index contributed by atoms with van der Waals surface area (Å²) >= 11 is 0. The van der Waals surface area contributed by atoms with Gasteiger partial charge < -0.3 is 15.4 Å². The van der Waals surface area contributed by atoms with E-state index in [-0.39, 0.29) is 24.2 Å². The van der Waals surface area contributed by atoms with Crippen molar-refractivity contribution >= 4 is 6.03 Å². The Bertz CT molecular complexity index is 682. The summed E-state index contributed by atoms with van der Waals surface area (Å²) in [5.41, 5.74) is 3.26. The number of hydrogen-bond donors (Lipinski definition) is 2. The summed E-state index contributed by atoms with van der Waals surface area (Å²) in [4.78, 5) is 16.3. The Morgan fingerprint density at radius 3 is 2.60 bits per heavy atom. The zero-order valence-corrected chi connectivity index (χ0v) is 14.7. The highest BCUT2D eigenvalue weighted by atomic mass is 16.5. The molecule has 0 radical (unpaired) electrons. The van der Waals surface area contributed by atoms with Crippen molar-refractivity contribution in [1.82, 2.24) is 15.6 Å². The summed E-state index contributed by atoms with van der Waals surface area (Å²) in [5, 5.41) is 5.97. The molecule has 3 atom stereocenters. The average Bonchev–Trinajstić information content (AvgIpc) is 3.17. The van der Waals surface area contributed by atoms with E-state index in [1.54, 1.807) is 6.20 Å². The van der Waals surface area contributed by atoms with Gasteiger partial charge in [-0.25, -0.2) is 4.79 Å². The zero-order chi connectivity index (χ0) is 17.6. The SMILES string of the molecule is CC(NC(=O)NC(C)C1CCCO1)c1ccc(-c2cccnc2)cc1. The first-order valence-electron chi connectivity index (χ1n) is 8.82.